The van der Waals surface area contributed by atoms with Crippen LogP contribution in [0.5, 0.6) is 5.75 Å². The zero-order valence-electron chi connectivity index (χ0n) is 16.5. The van der Waals surface area contributed by atoms with Crippen LogP contribution in [0, 0.1) is 11.3 Å². The van der Waals surface area contributed by atoms with Crippen molar-refractivity contribution in [2.24, 2.45) is 0 Å². The Balaban J connectivity index is 2.06. The van der Waals surface area contributed by atoms with Gasteiger partial charge in [-0.25, -0.2) is 14.4 Å². The normalized spacial score (nSPS) is 16.8. The number of hydrogen-bond acceptors (Lipinski definition) is 7. The van der Waals surface area contributed by atoms with Gasteiger partial charge in [-0.05, 0) is 44.5 Å². The molecule has 0 aromatic heterocycles. The number of ether oxygens (including phenoxy) is 3. The highest BCUT2D eigenvalue weighted by atomic mass is 16.6. The number of nitrogens with zero attached hydrogens (tertiary/aromatic N) is 1. The molecule has 0 fully saturated rings. The van der Waals surface area contributed by atoms with Gasteiger partial charge in [0.1, 0.15) is 12.4 Å². The molecule has 1 aliphatic heterocycles. The van der Waals surface area contributed by atoms with E-state index in [-0.39, 0.29) is 24.5 Å². The molecule has 1 aromatic carbocycles. The minimum atomic E-state index is -0.936. The Kier molecular flexibility index (Phi) is 7.60. The minimum absolute atomic E-state index is 0.176. The van der Waals surface area contributed by atoms with Gasteiger partial charge in [-0.1, -0.05) is 6.92 Å². The molecule has 9 nitrogen and oxygen atoms in total. The highest BCUT2D eigenvalue weighted by Crippen LogP contribution is 2.18. The van der Waals surface area contributed by atoms with Gasteiger partial charge >= 0.3 is 18.0 Å². The molecule has 0 saturated heterocycles. The Morgan fingerprint density at radius 3 is 2.48 bits per heavy atom. The monoisotopic (exact) mass is 401 g/mol. The number of amides is 2. The molecular weight excluding hydrogens is 378 g/mol. The second-order valence-corrected chi connectivity index (χ2v) is 6.18. The Bertz CT molecular complexity index is 841. The number of carbonyl (C=O) groups excluding carboxylic acids is 3. The smallest absolute Gasteiger partial charge is 0.347 e. The van der Waals surface area contributed by atoms with E-state index >= 15 is 0 Å². The Morgan fingerprint density at radius 1 is 1.21 bits per heavy atom. The van der Waals surface area contributed by atoms with Crippen molar-refractivity contribution in [2.45, 2.75) is 39.3 Å². The van der Waals surface area contributed by atoms with Crippen molar-refractivity contribution in [1.29, 1.82) is 5.26 Å². The summed E-state index contributed by atoms with van der Waals surface area (Å²) in [7, 11) is 0. The average Bonchev–Trinajstić information content (AvgIpc) is 2.71. The van der Waals surface area contributed by atoms with Crippen molar-refractivity contribution >= 4 is 18.0 Å². The predicted molar refractivity (Wildman–Crippen MR) is 102 cm³/mol. The standard InChI is InChI=1S/C20H23N3O6/c1-4-15-17(19(25)27-5-2)16(23-20(26)22-15)11-28-18(24)12(3)29-14-8-6-13(10-21)7-9-14/h6-9,12,15H,4-5,11H2,1-3H3,(H2,22,23,26)/t12-,15-/m0/s1. The summed E-state index contributed by atoms with van der Waals surface area (Å²) in [4.78, 5) is 36.4. The third-order valence-electron chi connectivity index (χ3n) is 4.13. The third-order valence-corrected chi connectivity index (χ3v) is 4.13. The summed E-state index contributed by atoms with van der Waals surface area (Å²) in [5.74, 6) is -0.855. The lowest BCUT2D eigenvalue weighted by Gasteiger charge is -2.28. The van der Waals surface area contributed by atoms with Gasteiger partial charge in [-0.2, -0.15) is 5.26 Å². The topological polar surface area (TPSA) is 127 Å². The first-order chi connectivity index (χ1) is 13.9. The molecule has 0 spiro atoms. The number of esters is 2. The molecule has 0 bridgehead atoms. The lowest BCUT2D eigenvalue weighted by Crippen LogP contribution is -2.51. The van der Waals surface area contributed by atoms with Gasteiger partial charge in [0, 0.05) is 0 Å². The van der Waals surface area contributed by atoms with Gasteiger partial charge in [-0.15, -0.1) is 0 Å². The van der Waals surface area contributed by atoms with Gasteiger partial charge in [0.25, 0.3) is 0 Å². The molecule has 0 radical (unpaired) electrons. The Hall–Kier alpha value is -3.54. The number of urea groups is 1. The van der Waals surface area contributed by atoms with Crippen LogP contribution in [0.1, 0.15) is 32.8 Å². The summed E-state index contributed by atoms with van der Waals surface area (Å²) in [5, 5.41) is 14.0. The maximum Gasteiger partial charge on any atom is 0.347 e. The van der Waals surface area contributed by atoms with Crippen LogP contribution >= 0.6 is 0 Å². The lowest BCUT2D eigenvalue weighted by atomic mass is 10.0. The Labute approximate surface area is 168 Å². The number of rotatable bonds is 8. The number of carbonyl (C=O) groups is 3. The van der Waals surface area contributed by atoms with Crippen molar-refractivity contribution in [3.63, 3.8) is 0 Å². The highest BCUT2D eigenvalue weighted by molar-refractivity contribution is 5.95. The van der Waals surface area contributed by atoms with Gasteiger partial charge in [0.2, 0.25) is 0 Å². The number of nitrogens with one attached hydrogen (secondary N) is 2. The lowest BCUT2D eigenvalue weighted by molar-refractivity contribution is -0.150. The van der Waals surface area contributed by atoms with E-state index in [1.165, 1.54) is 6.92 Å². The summed E-state index contributed by atoms with van der Waals surface area (Å²) >= 11 is 0. The van der Waals surface area contributed by atoms with Crippen molar-refractivity contribution in [3.8, 4) is 11.8 Å². The molecule has 2 N–H and O–H groups in total. The van der Waals surface area contributed by atoms with Crippen LogP contribution in [0.4, 0.5) is 4.79 Å². The van der Waals surface area contributed by atoms with E-state index in [0.717, 1.165) is 0 Å². The predicted octanol–water partition coefficient (Wildman–Crippen LogP) is 1.78. The summed E-state index contributed by atoms with van der Waals surface area (Å²) < 4.78 is 15.8. The SMILES string of the molecule is CCOC(=O)C1=C(COC(=O)[C@H](C)Oc2ccc(C#N)cc2)NC(=O)N[C@H]1CC. The fourth-order valence-electron chi connectivity index (χ4n) is 2.70. The van der Waals surface area contributed by atoms with Crippen LogP contribution < -0.4 is 15.4 Å². The van der Waals surface area contributed by atoms with E-state index in [1.807, 2.05) is 13.0 Å². The molecule has 0 aliphatic carbocycles. The van der Waals surface area contributed by atoms with E-state index in [2.05, 4.69) is 10.6 Å². The molecule has 29 heavy (non-hydrogen) atoms. The second-order valence-electron chi connectivity index (χ2n) is 6.18. The molecule has 2 rings (SSSR count). The number of benzene rings is 1. The summed E-state index contributed by atoms with van der Waals surface area (Å²) in [6, 6.07) is 7.25. The van der Waals surface area contributed by atoms with Gasteiger partial charge in [-0.3, -0.25) is 0 Å². The first-order valence-electron chi connectivity index (χ1n) is 9.20. The van der Waals surface area contributed by atoms with Gasteiger partial charge < -0.3 is 24.8 Å². The number of nitriles is 1. The molecule has 1 aromatic rings. The van der Waals surface area contributed by atoms with Crippen LogP contribution in [0.3, 0.4) is 0 Å². The second kappa shape index (κ2) is 10.1. The highest BCUT2D eigenvalue weighted by Gasteiger charge is 2.32. The fourth-order valence-corrected chi connectivity index (χ4v) is 2.70. The van der Waals surface area contributed by atoms with E-state index < -0.39 is 30.1 Å². The van der Waals surface area contributed by atoms with E-state index in [9.17, 15) is 14.4 Å². The summed E-state index contributed by atoms with van der Waals surface area (Å²) in [6.45, 7) is 4.87. The molecule has 0 unspecified atom stereocenters. The van der Waals surface area contributed by atoms with E-state index in [1.54, 1.807) is 31.2 Å². The van der Waals surface area contributed by atoms with Gasteiger partial charge in [0.15, 0.2) is 6.10 Å². The zero-order chi connectivity index (χ0) is 21.4. The third kappa shape index (κ3) is 5.72. The summed E-state index contributed by atoms with van der Waals surface area (Å²) in [6.07, 6.45) is -0.467. The first kappa shape index (κ1) is 21.8. The molecule has 1 aliphatic rings. The van der Waals surface area contributed by atoms with Crippen molar-refractivity contribution in [3.05, 3.63) is 41.1 Å². The fraction of sp³-hybridized carbons (Fsp3) is 0.400. The maximum atomic E-state index is 12.3. The molecule has 9 heteroatoms. The molecule has 154 valence electrons. The molecular formula is C20H23N3O6. The molecule has 2 atom stereocenters. The van der Waals surface area contributed by atoms with Crippen LogP contribution in [-0.2, 0) is 19.1 Å². The zero-order valence-corrected chi connectivity index (χ0v) is 16.5. The number of hydrogen-bond donors (Lipinski definition) is 2. The molecule has 0 saturated carbocycles. The van der Waals surface area contributed by atoms with Gasteiger partial charge in [0.05, 0.1) is 35.6 Å². The van der Waals surface area contributed by atoms with Crippen LogP contribution in [0.2, 0.25) is 0 Å². The van der Waals surface area contributed by atoms with Crippen LogP contribution in [0.15, 0.2) is 35.5 Å². The van der Waals surface area contributed by atoms with Crippen molar-refractivity contribution in [2.75, 3.05) is 13.2 Å². The van der Waals surface area contributed by atoms with E-state index in [0.29, 0.717) is 17.7 Å². The van der Waals surface area contributed by atoms with Crippen molar-refractivity contribution < 1.29 is 28.6 Å². The van der Waals surface area contributed by atoms with E-state index in [4.69, 9.17) is 19.5 Å². The molecule has 1 heterocycles. The average molecular weight is 401 g/mol. The minimum Gasteiger partial charge on any atom is -0.479 e. The first-order valence-corrected chi connectivity index (χ1v) is 9.20. The summed E-state index contributed by atoms with van der Waals surface area (Å²) in [5.41, 5.74) is 0.874. The quantitative estimate of drug-likeness (QED) is 0.636. The largest absolute Gasteiger partial charge is 0.479 e. The molecule has 2 amide bonds. The van der Waals surface area contributed by atoms with Crippen molar-refractivity contribution in [1.82, 2.24) is 10.6 Å². The Morgan fingerprint density at radius 2 is 1.90 bits per heavy atom. The van der Waals surface area contributed by atoms with Crippen LogP contribution in [0.25, 0.3) is 0 Å². The van der Waals surface area contributed by atoms with Crippen LogP contribution in [-0.4, -0.2) is 43.3 Å². The maximum absolute atomic E-state index is 12.3.